The SMILES string of the molecule is CN1CCCC(Cc2cc(N)c(=O)[nH]n2)C1. The van der Waals surface area contributed by atoms with Crippen LogP contribution in [0.1, 0.15) is 18.5 Å². The lowest BCUT2D eigenvalue weighted by Crippen LogP contribution is -2.33. The van der Waals surface area contributed by atoms with E-state index in [1.54, 1.807) is 6.07 Å². The largest absolute Gasteiger partial charge is 0.394 e. The lowest BCUT2D eigenvalue weighted by molar-refractivity contribution is 0.208. The molecule has 3 N–H and O–H groups in total. The number of anilines is 1. The highest BCUT2D eigenvalue weighted by molar-refractivity contribution is 5.34. The summed E-state index contributed by atoms with van der Waals surface area (Å²) in [6, 6.07) is 1.69. The molecule has 0 amide bonds. The number of rotatable bonds is 2. The number of likely N-dealkylation sites (tertiary alicyclic amines) is 1. The molecule has 1 fully saturated rings. The van der Waals surface area contributed by atoms with Crippen molar-refractivity contribution in [1.29, 1.82) is 0 Å². The van der Waals surface area contributed by atoms with Crippen molar-refractivity contribution in [2.75, 3.05) is 25.9 Å². The molecule has 1 atom stereocenters. The molecule has 5 heteroatoms. The molecule has 16 heavy (non-hydrogen) atoms. The van der Waals surface area contributed by atoms with E-state index in [0.29, 0.717) is 5.92 Å². The number of nitrogens with zero attached hydrogens (tertiary/aromatic N) is 2. The molecule has 5 nitrogen and oxygen atoms in total. The zero-order valence-electron chi connectivity index (χ0n) is 9.57. The summed E-state index contributed by atoms with van der Waals surface area (Å²) in [5, 5.41) is 6.45. The summed E-state index contributed by atoms with van der Waals surface area (Å²) < 4.78 is 0. The quantitative estimate of drug-likeness (QED) is 0.751. The average molecular weight is 222 g/mol. The fourth-order valence-electron chi connectivity index (χ4n) is 2.30. The van der Waals surface area contributed by atoms with Crippen molar-refractivity contribution in [3.63, 3.8) is 0 Å². The fraction of sp³-hybridized carbons (Fsp3) is 0.636. The summed E-state index contributed by atoms with van der Waals surface area (Å²) in [5.41, 5.74) is 6.40. The van der Waals surface area contributed by atoms with Crippen LogP contribution in [0.4, 0.5) is 5.69 Å². The lowest BCUT2D eigenvalue weighted by atomic mass is 9.93. The molecule has 0 radical (unpaired) electrons. The van der Waals surface area contributed by atoms with Crippen LogP contribution in [-0.4, -0.2) is 35.2 Å². The van der Waals surface area contributed by atoms with E-state index in [-0.39, 0.29) is 11.2 Å². The minimum atomic E-state index is -0.301. The van der Waals surface area contributed by atoms with Crippen molar-refractivity contribution >= 4 is 5.69 Å². The van der Waals surface area contributed by atoms with Gasteiger partial charge in [0, 0.05) is 6.54 Å². The summed E-state index contributed by atoms with van der Waals surface area (Å²) in [6.07, 6.45) is 3.36. The molecule has 1 unspecified atom stereocenters. The second-order valence-electron chi connectivity index (χ2n) is 4.62. The average Bonchev–Trinajstić information content (AvgIpc) is 2.24. The second kappa shape index (κ2) is 4.65. The van der Waals surface area contributed by atoms with Gasteiger partial charge in [0.15, 0.2) is 0 Å². The predicted octanol–water partition coefficient (Wildman–Crippen LogP) is 0.236. The van der Waals surface area contributed by atoms with Gasteiger partial charge in [-0.2, -0.15) is 5.10 Å². The van der Waals surface area contributed by atoms with Gasteiger partial charge in [0.2, 0.25) is 0 Å². The van der Waals surface area contributed by atoms with Gasteiger partial charge in [0.25, 0.3) is 5.56 Å². The zero-order valence-corrected chi connectivity index (χ0v) is 9.57. The molecule has 2 rings (SSSR count). The van der Waals surface area contributed by atoms with E-state index < -0.39 is 0 Å². The fourth-order valence-corrected chi connectivity index (χ4v) is 2.30. The number of aromatic nitrogens is 2. The molecule has 1 aromatic rings. The van der Waals surface area contributed by atoms with Gasteiger partial charge in [-0.05, 0) is 44.8 Å². The van der Waals surface area contributed by atoms with E-state index in [2.05, 4.69) is 22.1 Å². The molecule has 88 valence electrons. The summed E-state index contributed by atoms with van der Waals surface area (Å²) in [5.74, 6) is 0.622. The second-order valence-corrected chi connectivity index (χ2v) is 4.62. The molecule has 0 aliphatic carbocycles. The summed E-state index contributed by atoms with van der Waals surface area (Å²) in [6.45, 7) is 2.28. The van der Waals surface area contributed by atoms with Crippen LogP contribution in [0.5, 0.6) is 0 Å². The lowest BCUT2D eigenvalue weighted by Gasteiger charge is -2.29. The number of H-pyrrole nitrogens is 1. The molecule has 1 aromatic heterocycles. The van der Waals surface area contributed by atoms with E-state index in [9.17, 15) is 4.79 Å². The van der Waals surface area contributed by atoms with Crippen molar-refractivity contribution in [3.05, 3.63) is 22.1 Å². The Hall–Kier alpha value is -1.36. The number of hydrogen-bond acceptors (Lipinski definition) is 4. The first-order valence-electron chi connectivity index (χ1n) is 5.68. The van der Waals surface area contributed by atoms with Crippen molar-refractivity contribution in [1.82, 2.24) is 15.1 Å². The van der Waals surface area contributed by atoms with E-state index in [1.165, 1.54) is 19.4 Å². The van der Waals surface area contributed by atoms with Crippen LogP contribution < -0.4 is 11.3 Å². The first-order valence-corrected chi connectivity index (χ1v) is 5.68. The molecule has 0 saturated carbocycles. The van der Waals surface area contributed by atoms with E-state index >= 15 is 0 Å². The molecule has 1 saturated heterocycles. The topological polar surface area (TPSA) is 75.0 Å². The van der Waals surface area contributed by atoms with Crippen LogP contribution in [0.2, 0.25) is 0 Å². The molecule has 0 bridgehead atoms. The molecular weight excluding hydrogens is 204 g/mol. The number of nitrogen functional groups attached to an aromatic ring is 1. The number of nitrogens with one attached hydrogen (secondary N) is 1. The standard InChI is InChI=1S/C11H18N4O/c1-15-4-2-3-8(7-15)5-9-6-10(12)11(16)14-13-9/h6,8H,2-5,7H2,1H3,(H2,12,13)(H,14,16). The van der Waals surface area contributed by atoms with Gasteiger partial charge in [-0.25, -0.2) is 5.10 Å². The number of aromatic amines is 1. The third-order valence-electron chi connectivity index (χ3n) is 3.11. The smallest absolute Gasteiger partial charge is 0.287 e. The van der Waals surface area contributed by atoms with Gasteiger partial charge < -0.3 is 10.6 Å². The highest BCUT2D eigenvalue weighted by Crippen LogP contribution is 2.18. The van der Waals surface area contributed by atoms with Crippen LogP contribution in [0.25, 0.3) is 0 Å². The van der Waals surface area contributed by atoms with E-state index in [0.717, 1.165) is 18.7 Å². The Morgan fingerprint density at radius 1 is 1.69 bits per heavy atom. The van der Waals surface area contributed by atoms with Crippen molar-refractivity contribution < 1.29 is 0 Å². The Kier molecular flexibility index (Phi) is 3.24. The van der Waals surface area contributed by atoms with Crippen molar-refractivity contribution in [3.8, 4) is 0 Å². The van der Waals surface area contributed by atoms with Crippen molar-refractivity contribution in [2.45, 2.75) is 19.3 Å². The first-order chi connectivity index (χ1) is 7.65. The zero-order chi connectivity index (χ0) is 11.5. The highest BCUT2D eigenvalue weighted by Gasteiger charge is 2.18. The van der Waals surface area contributed by atoms with Gasteiger partial charge >= 0.3 is 0 Å². The first kappa shape index (κ1) is 11.1. The van der Waals surface area contributed by atoms with Crippen LogP contribution in [0, 0.1) is 5.92 Å². The van der Waals surface area contributed by atoms with Crippen LogP contribution >= 0.6 is 0 Å². The third-order valence-corrected chi connectivity index (χ3v) is 3.11. The summed E-state index contributed by atoms with van der Waals surface area (Å²) in [4.78, 5) is 13.4. The molecule has 0 aromatic carbocycles. The minimum absolute atomic E-state index is 0.258. The summed E-state index contributed by atoms with van der Waals surface area (Å²) in [7, 11) is 2.14. The van der Waals surface area contributed by atoms with E-state index in [4.69, 9.17) is 5.73 Å². The number of hydrogen-bond donors (Lipinski definition) is 2. The molecule has 1 aliphatic rings. The van der Waals surface area contributed by atoms with Gasteiger partial charge in [0.05, 0.1) is 5.69 Å². The maximum absolute atomic E-state index is 11.1. The third kappa shape index (κ3) is 2.61. The predicted molar refractivity (Wildman–Crippen MR) is 63.2 cm³/mol. The summed E-state index contributed by atoms with van der Waals surface area (Å²) >= 11 is 0. The van der Waals surface area contributed by atoms with Gasteiger partial charge in [0.1, 0.15) is 5.69 Å². The molecule has 1 aliphatic heterocycles. The Bertz CT molecular complexity index is 415. The highest BCUT2D eigenvalue weighted by atomic mass is 16.1. The molecular formula is C11H18N4O. The van der Waals surface area contributed by atoms with Crippen LogP contribution in [-0.2, 0) is 6.42 Å². The minimum Gasteiger partial charge on any atom is -0.394 e. The maximum atomic E-state index is 11.1. The van der Waals surface area contributed by atoms with Gasteiger partial charge in [-0.3, -0.25) is 4.79 Å². The normalized spacial score (nSPS) is 22.2. The Labute approximate surface area is 94.6 Å². The van der Waals surface area contributed by atoms with Crippen LogP contribution in [0.3, 0.4) is 0 Å². The maximum Gasteiger partial charge on any atom is 0.287 e. The van der Waals surface area contributed by atoms with Crippen molar-refractivity contribution in [2.24, 2.45) is 5.92 Å². The van der Waals surface area contributed by atoms with E-state index in [1.807, 2.05) is 0 Å². The Balaban J connectivity index is 2.03. The monoisotopic (exact) mass is 222 g/mol. The Morgan fingerprint density at radius 3 is 3.19 bits per heavy atom. The van der Waals surface area contributed by atoms with Crippen LogP contribution in [0.15, 0.2) is 10.9 Å². The number of piperidine rings is 1. The molecule has 2 heterocycles. The Morgan fingerprint density at radius 2 is 2.50 bits per heavy atom. The number of nitrogens with two attached hydrogens (primary N) is 1. The molecule has 0 spiro atoms. The van der Waals surface area contributed by atoms with Gasteiger partial charge in [-0.15, -0.1) is 0 Å². The van der Waals surface area contributed by atoms with Gasteiger partial charge in [-0.1, -0.05) is 0 Å².